The van der Waals surface area contributed by atoms with E-state index in [1.165, 1.54) is 10.9 Å². The molecule has 2 heterocycles. The molecule has 0 radical (unpaired) electrons. The molecule has 108 valence electrons. The SMILES string of the molecule is Cc1cccc2c1cnn2CCc1cccc2c1=CC(=O)N=2. The number of amides is 1. The predicted molar refractivity (Wildman–Crippen MR) is 84.9 cm³/mol. The Morgan fingerprint density at radius 2 is 2.00 bits per heavy atom. The molecule has 1 aliphatic rings. The molecule has 1 aromatic heterocycles. The molecule has 0 fully saturated rings. The van der Waals surface area contributed by atoms with Crippen LogP contribution >= 0.6 is 0 Å². The third-order valence-electron chi connectivity index (χ3n) is 4.17. The van der Waals surface area contributed by atoms with Crippen molar-refractivity contribution in [1.29, 1.82) is 0 Å². The van der Waals surface area contributed by atoms with Crippen LogP contribution in [0.15, 0.2) is 47.6 Å². The van der Waals surface area contributed by atoms with Crippen molar-refractivity contribution in [3.8, 4) is 0 Å². The quantitative estimate of drug-likeness (QED) is 0.734. The van der Waals surface area contributed by atoms with E-state index in [1.54, 1.807) is 6.08 Å². The summed E-state index contributed by atoms with van der Waals surface area (Å²) in [6.07, 6.45) is 4.37. The summed E-state index contributed by atoms with van der Waals surface area (Å²) in [6, 6.07) is 12.1. The molecule has 4 nitrogen and oxygen atoms in total. The van der Waals surface area contributed by atoms with E-state index in [0.717, 1.165) is 34.6 Å². The van der Waals surface area contributed by atoms with Crippen molar-refractivity contribution in [2.24, 2.45) is 4.99 Å². The molecule has 0 atom stereocenters. The van der Waals surface area contributed by atoms with Gasteiger partial charge in [0, 0.05) is 23.2 Å². The minimum atomic E-state index is -0.164. The van der Waals surface area contributed by atoms with Gasteiger partial charge in [-0.2, -0.15) is 5.10 Å². The van der Waals surface area contributed by atoms with Crippen LogP contribution in [-0.4, -0.2) is 15.7 Å². The van der Waals surface area contributed by atoms with Gasteiger partial charge >= 0.3 is 0 Å². The highest BCUT2D eigenvalue weighted by molar-refractivity contribution is 6.06. The van der Waals surface area contributed by atoms with Crippen LogP contribution in [0.3, 0.4) is 0 Å². The first kappa shape index (κ1) is 13.0. The summed E-state index contributed by atoms with van der Waals surface area (Å²) in [5.41, 5.74) is 3.53. The number of nitrogens with zero attached hydrogens (tertiary/aromatic N) is 3. The van der Waals surface area contributed by atoms with Gasteiger partial charge in [-0.3, -0.25) is 9.48 Å². The van der Waals surface area contributed by atoms with E-state index >= 15 is 0 Å². The van der Waals surface area contributed by atoms with Crippen LogP contribution in [0.2, 0.25) is 0 Å². The molecule has 2 aromatic carbocycles. The minimum Gasteiger partial charge on any atom is -0.267 e. The van der Waals surface area contributed by atoms with E-state index < -0.39 is 0 Å². The first-order chi connectivity index (χ1) is 10.7. The predicted octanol–water partition coefficient (Wildman–Crippen LogP) is 1.53. The zero-order valence-corrected chi connectivity index (χ0v) is 12.3. The van der Waals surface area contributed by atoms with Crippen LogP contribution in [-0.2, 0) is 17.8 Å². The van der Waals surface area contributed by atoms with Crippen LogP contribution in [0, 0.1) is 6.92 Å². The number of carbonyl (C=O) groups excluding carboxylic acids is 1. The van der Waals surface area contributed by atoms with E-state index in [9.17, 15) is 4.79 Å². The second-order valence-corrected chi connectivity index (χ2v) is 5.57. The lowest BCUT2D eigenvalue weighted by molar-refractivity contribution is -0.112. The fraction of sp³-hybridized carbons (Fsp3) is 0.167. The second-order valence-electron chi connectivity index (χ2n) is 5.57. The van der Waals surface area contributed by atoms with E-state index in [-0.39, 0.29) is 5.91 Å². The Morgan fingerprint density at radius 1 is 1.14 bits per heavy atom. The number of aryl methyl sites for hydroxylation is 3. The fourth-order valence-corrected chi connectivity index (χ4v) is 3.01. The Bertz CT molecular complexity index is 1010. The average Bonchev–Trinajstić information content (AvgIpc) is 3.08. The maximum atomic E-state index is 11.5. The zero-order chi connectivity index (χ0) is 15.1. The van der Waals surface area contributed by atoms with Gasteiger partial charge in [0.15, 0.2) is 0 Å². The Hall–Kier alpha value is -2.75. The number of benzene rings is 2. The lowest BCUT2D eigenvalue weighted by atomic mass is 10.1. The van der Waals surface area contributed by atoms with E-state index in [1.807, 2.05) is 23.0 Å². The maximum absolute atomic E-state index is 11.5. The summed E-state index contributed by atoms with van der Waals surface area (Å²) in [5, 5.41) is 7.43. The van der Waals surface area contributed by atoms with Gasteiger partial charge in [-0.1, -0.05) is 24.3 Å². The highest BCUT2D eigenvalue weighted by Crippen LogP contribution is 2.17. The van der Waals surface area contributed by atoms with Crippen molar-refractivity contribution in [1.82, 2.24) is 9.78 Å². The van der Waals surface area contributed by atoms with Crippen LogP contribution in [0.4, 0.5) is 0 Å². The zero-order valence-electron chi connectivity index (χ0n) is 12.3. The summed E-state index contributed by atoms with van der Waals surface area (Å²) >= 11 is 0. The van der Waals surface area contributed by atoms with Crippen molar-refractivity contribution in [3.63, 3.8) is 0 Å². The number of carbonyl (C=O) groups is 1. The summed E-state index contributed by atoms with van der Waals surface area (Å²) < 4.78 is 2.02. The van der Waals surface area contributed by atoms with Crippen molar-refractivity contribution in [3.05, 3.63) is 64.3 Å². The molecule has 22 heavy (non-hydrogen) atoms. The molecule has 1 amide bonds. The topological polar surface area (TPSA) is 47.2 Å². The van der Waals surface area contributed by atoms with Crippen LogP contribution in [0.1, 0.15) is 11.1 Å². The van der Waals surface area contributed by atoms with Crippen molar-refractivity contribution < 1.29 is 4.79 Å². The van der Waals surface area contributed by atoms with E-state index in [2.05, 4.69) is 41.3 Å². The summed E-state index contributed by atoms with van der Waals surface area (Å²) in [4.78, 5) is 15.5. The molecule has 0 spiro atoms. The molecule has 0 aliphatic carbocycles. The number of fused-ring (bicyclic) bond motifs is 2. The lowest BCUT2D eigenvalue weighted by Gasteiger charge is -2.05. The number of rotatable bonds is 3. The fourth-order valence-electron chi connectivity index (χ4n) is 3.01. The second kappa shape index (κ2) is 4.91. The lowest BCUT2D eigenvalue weighted by Crippen LogP contribution is -2.26. The van der Waals surface area contributed by atoms with Gasteiger partial charge in [-0.15, -0.1) is 0 Å². The number of hydrogen-bond donors (Lipinski definition) is 0. The van der Waals surface area contributed by atoms with Gasteiger partial charge in [0.1, 0.15) is 0 Å². The Kier molecular flexibility index (Phi) is 2.89. The van der Waals surface area contributed by atoms with Gasteiger partial charge in [0.2, 0.25) is 0 Å². The third kappa shape index (κ3) is 2.04. The third-order valence-corrected chi connectivity index (χ3v) is 4.17. The van der Waals surface area contributed by atoms with Crippen LogP contribution < -0.4 is 10.6 Å². The monoisotopic (exact) mass is 289 g/mol. The molecule has 1 aliphatic heterocycles. The highest BCUT2D eigenvalue weighted by atomic mass is 16.1. The van der Waals surface area contributed by atoms with Gasteiger partial charge < -0.3 is 0 Å². The largest absolute Gasteiger partial charge is 0.270 e. The van der Waals surface area contributed by atoms with Gasteiger partial charge in [-0.25, -0.2) is 4.99 Å². The van der Waals surface area contributed by atoms with Crippen LogP contribution in [0.25, 0.3) is 17.0 Å². The number of aromatic nitrogens is 2. The highest BCUT2D eigenvalue weighted by Gasteiger charge is 2.09. The molecule has 0 saturated carbocycles. The molecule has 3 aromatic rings. The van der Waals surface area contributed by atoms with E-state index in [0.29, 0.717) is 0 Å². The van der Waals surface area contributed by atoms with Gasteiger partial charge in [0.25, 0.3) is 5.91 Å². The summed E-state index contributed by atoms with van der Waals surface area (Å²) in [5.74, 6) is -0.164. The first-order valence-corrected chi connectivity index (χ1v) is 7.36. The Morgan fingerprint density at radius 3 is 2.91 bits per heavy atom. The molecule has 4 rings (SSSR count). The average molecular weight is 289 g/mol. The van der Waals surface area contributed by atoms with Crippen molar-refractivity contribution in [2.45, 2.75) is 19.9 Å². The molecular weight excluding hydrogens is 274 g/mol. The molecular formula is C18H15N3O. The molecule has 4 heteroatoms. The summed E-state index contributed by atoms with van der Waals surface area (Å²) in [6.45, 7) is 2.88. The van der Waals surface area contributed by atoms with Gasteiger partial charge in [0.05, 0.1) is 17.1 Å². The van der Waals surface area contributed by atoms with Crippen molar-refractivity contribution in [2.75, 3.05) is 0 Å². The van der Waals surface area contributed by atoms with Gasteiger partial charge in [-0.05, 0) is 36.6 Å². The molecule has 0 unspecified atom stereocenters. The van der Waals surface area contributed by atoms with Crippen molar-refractivity contribution >= 4 is 22.9 Å². The smallest absolute Gasteiger partial charge is 0.267 e. The molecule has 0 saturated heterocycles. The number of hydrogen-bond acceptors (Lipinski definition) is 2. The standard InChI is InChI=1S/C18H15N3O/c1-12-4-2-7-17-15(12)11-19-21(17)9-8-13-5-3-6-16-14(13)10-18(22)20-16/h2-7,10-11H,8-9H2,1H3. The van der Waals surface area contributed by atoms with E-state index in [4.69, 9.17) is 0 Å². The minimum absolute atomic E-state index is 0.164. The van der Waals surface area contributed by atoms with Crippen LogP contribution in [0.5, 0.6) is 0 Å². The Labute approximate surface area is 127 Å². The summed E-state index contributed by atoms with van der Waals surface area (Å²) in [7, 11) is 0. The maximum Gasteiger partial charge on any atom is 0.270 e. The molecule has 0 bridgehead atoms. The Balaban J connectivity index is 1.68. The first-order valence-electron chi connectivity index (χ1n) is 7.36. The normalized spacial score (nSPS) is 13.0. The molecule has 0 N–H and O–H groups in total.